The Balaban J connectivity index is 2.54. The van der Waals surface area contributed by atoms with Gasteiger partial charge < -0.3 is 15.6 Å². The number of carbonyl (C=O) groups excluding carboxylic acids is 1. The summed E-state index contributed by atoms with van der Waals surface area (Å²) in [6.45, 7) is 1.31. The second-order valence-corrected chi connectivity index (χ2v) is 8.27. The van der Waals surface area contributed by atoms with E-state index in [-0.39, 0.29) is 15.7 Å². The molecule has 0 aliphatic rings. The Bertz CT molecular complexity index is 1030. The normalized spacial score (nSPS) is 12.9. The number of nitrogen functional groups attached to an aromatic ring is 1. The molecule has 8 nitrogen and oxygen atoms in total. The number of sulfonamides is 1. The summed E-state index contributed by atoms with van der Waals surface area (Å²) in [5, 5.41) is 2.52. The zero-order valence-corrected chi connectivity index (χ0v) is 16.2. The Morgan fingerprint density at radius 1 is 1.15 bits per heavy atom. The molecule has 0 saturated heterocycles. The molecule has 0 bridgehead atoms. The average molecular weight is 408 g/mol. The van der Waals surface area contributed by atoms with E-state index in [1.54, 1.807) is 12.1 Å². The van der Waals surface area contributed by atoms with E-state index in [9.17, 15) is 22.0 Å². The van der Waals surface area contributed by atoms with E-state index in [1.807, 2.05) is 0 Å². The molecule has 2 aromatic rings. The standard InChI is InChI=1S/C17H19N3O5S2/c1-11(21)20-15-8-6-13(17(10-15)27(24,25)19-2)4-3-12-5-7-14(18)9-16(12)26(22)23/h3-10,19H,18H2,1-2H3,(H,20,21)(H,22,23)/p-1/b4-3+. The molecule has 4 N–H and O–H groups in total. The smallest absolute Gasteiger partial charge is 0.240 e. The van der Waals surface area contributed by atoms with Gasteiger partial charge >= 0.3 is 0 Å². The highest BCUT2D eigenvalue weighted by Crippen LogP contribution is 2.24. The van der Waals surface area contributed by atoms with E-state index in [1.165, 1.54) is 50.4 Å². The van der Waals surface area contributed by atoms with Crippen molar-refractivity contribution in [2.75, 3.05) is 18.1 Å². The summed E-state index contributed by atoms with van der Waals surface area (Å²) in [5.74, 6) is -0.337. The van der Waals surface area contributed by atoms with Crippen molar-refractivity contribution < 1.29 is 22.0 Å². The fraction of sp³-hybridized carbons (Fsp3) is 0.118. The highest BCUT2D eigenvalue weighted by Gasteiger charge is 2.16. The monoisotopic (exact) mass is 408 g/mol. The maximum atomic E-state index is 12.3. The number of hydrogen-bond acceptors (Lipinski definition) is 6. The minimum absolute atomic E-state index is 0.000796. The molecule has 2 rings (SSSR count). The molecule has 144 valence electrons. The van der Waals surface area contributed by atoms with Crippen molar-refractivity contribution >= 4 is 50.5 Å². The third kappa shape index (κ3) is 5.23. The van der Waals surface area contributed by atoms with Gasteiger partial charge in [-0.15, -0.1) is 0 Å². The van der Waals surface area contributed by atoms with Gasteiger partial charge in [0.15, 0.2) is 0 Å². The minimum atomic E-state index is -3.82. The van der Waals surface area contributed by atoms with Gasteiger partial charge in [-0.3, -0.25) is 9.00 Å². The third-order valence-electron chi connectivity index (χ3n) is 3.55. The van der Waals surface area contributed by atoms with E-state index in [0.29, 0.717) is 22.5 Å². The molecule has 0 spiro atoms. The van der Waals surface area contributed by atoms with Crippen molar-refractivity contribution in [1.29, 1.82) is 0 Å². The zero-order chi connectivity index (χ0) is 20.2. The maximum Gasteiger partial charge on any atom is 0.240 e. The summed E-state index contributed by atoms with van der Waals surface area (Å²) < 4.78 is 49.6. The van der Waals surface area contributed by atoms with Gasteiger partial charge in [0.1, 0.15) is 0 Å². The third-order valence-corrected chi connectivity index (χ3v) is 5.73. The molecule has 0 aliphatic heterocycles. The van der Waals surface area contributed by atoms with Gasteiger partial charge in [0.25, 0.3) is 0 Å². The van der Waals surface area contributed by atoms with Crippen LogP contribution in [0.15, 0.2) is 46.2 Å². The lowest BCUT2D eigenvalue weighted by Crippen LogP contribution is -2.20. The number of hydrogen-bond donors (Lipinski definition) is 3. The van der Waals surface area contributed by atoms with E-state index in [4.69, 9.17) is 5.73 Å². The molecule has 0 aliphatic carbocycles. The Morgan fingerprint density at radius 2 is 1.78 bits per heavy atom. The Labute approximate surface area is 159 Å². The largest absolute Gasteiger partial charge is 0.768 e. The lowest BCUT2D eigenvalue weighted by atomic mass is 10.1. The van der Waals surface area contributed by atoms with E-state index in [0.717, 1.165) is 0 Å². The lowest BCUT2D eigenvalue weighted by Gasteiger charge is -2.12. The Morgan fingerprint density at radius 3 is 2.37 bits per heavy atom. The highest BCUT2D eigenvalue weighted by atomic mass is 32.2. The fourth-order valence-electron chi connectivity index (χ4n) is 2.31. The first-order chi connectivity index (χ1) is 12.6. The minimum Gasteiger partial charge on any atom is -0.768 e. The first kappa shape index (κ1) is 20.8. The van der Waals surface area contributed by atoms with E-state index < -0.39 is 21.1 Å². The first-order valence-corrected chi connectivity index (χ1v) is 10.2. The highest BCUT2D eigenvalue weighted by molar-refractivity contribution is 7.89. The van der Waals surface area contributed by atoms with Crippen LogP contribution in [0.4, 0.5) is 11.4 Å². The Hall–Kier alpha value is -2.53. The molecule has 27 heavy (non-hydrogen) atoms. The number of rotatable bonds is 6. The predicted molar refractivity (Wildman–Crippen MR) is 104 cm³/mol. The molecular weight excluding hydrogens is 390 g/mol. The molecule has 0 saturated carbocycles. The number of carbonyl (C=O) groups is 1. The SMILES string of the molecule is CNS(=O)(=O)c1cc(NC(C)=O)ccc1/C=C/c1ccc(N)cc1S(=O)[O-]. The van der Waals surface area contributed by atoms with Gasteiger partial charge in [0, 0.05) is 23.2 Å². The summed E-state index contributed by atoms with van der Waals surface area (Å²) in [4.78, 5) is 11.1. The fourth-order valence-corrected chi connectivity index (χ4v) is 3.82. The topological polar surface area (TPSA) is 141 Å². The van der Waals surface area contributed by atoms with E-state index in [2.05, 4.69) is 10.0 Å². The Kier molecular flexibility index (Phi) is 6.50. The maximum absolute atomic E-state index is 12.3. The van der Waals surface area contributed by atoms with Gasteiger partial charge in [0.05, 0.1) is 4.90 Å². The molecule has 0 fully saturated rings. The molecule has 2 aromatic carbocycles. The van der Waals surface area contributed by atoms with Crippen LogP contribution in [0, 0.1) is 0 Å². The molecule has 0 heterocycles. The van der Waals surface area contributed by atoms with Crippen molar-refractivity contribution in [2.45, 2.75) is 16.7 Å². The van der Waals surface area contributed by atoms with Gasteiger partial charge in [0.2, 0.25) is 15.9 Å². The second-order valence-electron chi connectivity index (χ2n) is 5.51. The van der Waals surface area contributed by atoms with Crippen LogP contribution in [-0.4, -0.2) is 30.1 Å². The molecular formula is C17H18N3O5S2-. The van der Waals surface area contributed by atoms with Gasteiger partial charge in [-0.25, -0.2) is 13.1 Å². The molecule has 1 amide bonds. The van der Waals surface area contributed by atoms with Crippen LogP contribution < -0.4 is 15.8 Å². The van der Waals surface area contributed by atoms with Crippen molar-refractivity contribution in [1.82, 2.24) is 4.72 Å². The van der Waals surface area contributed by atoms with Crippen molar-refractivity contribution in [3.05, 3.63) is 47.5 Å². The predicted octanol–water partition coefficient (Wildman–Crippen LogP) is 1.54. The molecule has 1 unspecified atom stereocenters. The zero-order valence-electron chi connectivity index (χ0n) is 14.6. The number of nitrogens with two attached hydrogens (primary N) is 1. The molecule has 10 heteroatoms. The van der Waals surface area contributed by atoms with Crippen molar-refractivity contribution in [3.8, 4) is 0 Å². The number of nitrogens with one attached hydrogen (secondary N) is 2. The van der Waals surface area contributed by atoms with Crippen LogP contribution in [0.1, 0.15) is 18.1 Å². The summed E-state index contributed by atoms with van der Waals surface area (Å²) in [7, 11) is -2.55. The van der Waals surface area contributed by atoms with Crippen LogP contribution in [-0.2, 0) is 25.9 Å². The number of benzene rings is 2. The van der Waals surface area contributed by atoms with E-state index >= 15 is 0 Å². The van der Waals surface area contributed by atoms with Gasteiger partial charge in [-0.2, -0.15) is 0 Å². The van der Waals surface area contributed by atoms with Crippen molar-refractivity contribution in [3.63, 3.8) is 0 Å². The average Bonchev–Trinajstić information content (AvgIpc) is 2.60. The molecule has 1 atom stereocenters. The van der Waals surface area contributed by atoms with Crippen LogP contribution in [0.2, 0.25) is 0 Å². The summed E-state index contributed by atoms with van der Waals surface area (Å²) in [6.07, 6.45) is 2.95. The number of amides is 1. The number of anilines is 2. The lowest BCUT2D eigenvalue weighted by molar-refractivity contribution is -0.114. The van der Waals surface area contributed by atoms with Crippen LogP contribution in [0.5, 0.6) is 0 Å². The molecule has 0 aromatic heterocycles. The second kappa shape index (κ2) is 8.44. The van der Waals surface area contributed by atoms with Crippen molar-refractivity contribution in [2.24, 2.45) is 0 Å². The summed E-state index contributed by atoms with van der Waals surface area (Å²) in [5.41, 5.74) is 6.90. The van der Waals surface area contributed by atoms with Gasteiger partial charge in [-0.05, 0) is 53.5 Å². The molecule has 0 radical (unpaired) electrons. The summed E-state index contributed by atoms with van der Waals surface area (Å²) >= 11 is -2.50. The van der Waals surface area contributed by atoms with Crippen LogP contribution in [0.25, 0.3) is 12.2 Å². The first-order valence-electron chi connectivity index (χ1n) is 7.66. The van der Waals surface area contributed by atoms with Crippen LogP contribution in [0.3, 0.4) is 0 Å². The summed E-state index contributed by atoms with van der Waals surface area (Å²) in [6, 6.07) is 8.76. The van der Waals surface area contributed by atoms with Gasteiger partial charge in [-0.1, -0.05) is 24.3 Å². The quantitative estimate of drug-likeness (QED) is 0.376. The van der Waals surface area contributed by atoms with Crippen LogP contribution >= 0.6 is 0 Å².